The summed E-state index contributed by atoms with van der Waals surface area (Å²) in [6, 6.07) is 25.0. The van der Waals surface area contributed by atoms with Gasteiger partial charge in [0.1, 0.15) is 11.0 Å². The zero-order chi connectivity index (χ0) is 20.1. The van der Waals surface area contributed by atoms with Crippen molar-refractivity contribution in [3.05, 3.63) is 84.4 Å². The second kappa shape index (κ2) is 8.84. The van der Waals surface area contributed by atoms with Gasteiger partial charge in [0.05, 0.1) is 23.3 Å². The van der Waals surface area contributed by atoms with Crippen molar-refractivity contribution >= 4 is 34.4 Å². The SMILES string of the molecule is CCOc1ccccc1NC(=O)C(Sc1nc2ccccc2[nH]1)c1ccccc1. The second-order valence-corrected chi connectivity index (χ2v) is 7.48. The number of thioether (sulfide) groups is 1. The lowest BCUT2D eigenvalue weighted by Gasteiger charge is -2.17. The van der Waals surface area contributed by atoms with Crippen molar-refractivity contribution in [1.82, 2.24) is 9.97 Å². The molecule has 1 heterocycles. The molecule has 0 saturated heterocycles. The Hall–Kier alpha value is -3.25. The van der Waals surface area contributed by atoms with E-state index in [1.165, 1.54) is 11.8 Å². The molecule has 0 aliphatic heterocycles. The second-order valence-electron chi connectivity index (χ2n) is 6.39. The van der Waals surface area contributed by atoms with E-state index in [-0.39, 0.29) is 5.91 Å². The zero-order valence-electron chi connectivity index (χ0n) is 16.0. The number of hydrogen-bond donors (Lipinski definition) is 2. The van der Waals surface area contributed by atoms with Gasteiger partial charge in [0, 0.05) is 0 Å². The lowest BCUT2D eigenvalue weighted by atomic mass is 10.1. The van der Waals surface area contributed by atoms with E-state index in [1.54, 1.807) is 0 Å². The highest BCUT2D eigenvalue weighted by molar-refractivity contribution is 8.00. The molecule has 3 aromatic carbocycles. The van der Waals surface area contributed by atoms with Crippen LogP contribution in [-0.4, -0.2) is 22.5 Å². The van der Waals surface area contributed by atoms with Crippen LogP contribution in [0.25, 0.3) is 11.0 Å². The van der Waals surface area contributed by atoms with Gasteiger partial charge in [-0.3, -0.25) is 4.79 Å². The average molecular weight is 404 g/mol. The Balaban J connectivity index is 1.63. The normalized spacial score (nSPS) is 11.9. The summed E-state index contributed by atoms with van der Waals surface area (Å²) in [5, 5.41) is 3.26. The van der Waals surface area contributed by atoms with E-state index in [9.17, 15) is 4.79 Å². The highest BCUT2D eigenvalue weighted by atomic mass is 32.2. The standard InChI is InChI=1S/C23H21N3O2S/c1-2-28-20-15-9-8-14-19(20)24-22(27)21(16-10-4-3-5-11-16)29-23-25-17-12-6-7-13-18(17)26-23/h3-15,21H,2H2,1H3,(H,24,27)(H,25,26). The molecule has 2 N–H and O–H groups in total. The summed E-state index contributed by atoms with van der Waals surface area (Å²) in [5.74, 6) is 0.526. The molecule has 0 radical (unpaired) electrons. The van der Waals surface area contributed by atoms with Crippen LogP contribution in [0.15, 0.2) is 84.0 Å². The molecule has 1 atom stereocenters. The molecule has 146 valence electrons. The van der Waals surface area contributed by atoms with Gasteiger partial charge in [-0.25, -0.2) is 4.98 Å². The third-order valence-electron chi connectivity index (χ3n) is 4.38. The quantitative estimate of drug-likeness (QED) is 0.404. The molecule has 29 heavy (non-hydrogen) atoms. The summed E-state index contributed by atoms with van der Waals surface area (Å²) in [5.41, 5.74) is 3.39. The Kier molecular flexibility index (Phi) is 5.81. The number of carbonyl (C=O) groups is 1. The van der Waals surface area contributed by atoms with Crippen LogP contribution >= 0.6 is 11.8 Å². The Morgan fingerprint density at radius 3 is 2.55 bits per heavy atom. The maximum absolute atomic E-state index is 13.3. The number of aromatic amines is 1. The summed E-state index contributed by atoms with van der Waals surface area (Å²) >= 11 is 1.39. The highest BCUT2D eigenvalue weighted by Gasteiger charge is 2.24. The summed E-state index contributed by atoms with van der Waals surface area (Å²) < 4.78 is 5.64. The molecule has 0 aliphatic carbocycles. The molecule has 0 saturated carbocycles. The molecule has 0 bridgehead atoms. The van der Waals surface area contributed by atoms with Gasteiger partial charge < -0.3 is 15.0 Å². The van der Waals surface area contributed by atoms with Crippen LogP contribution in [0.5, 0.6) is 5.75 Å². The van der Waals surface area contributed by atoms with Crippen molar-refractivity contribution in [2.24, 2.45) is 0 Å². The van der Waals surface area contributed by atoms with E-state index in [0.717, 1.165) is 16.6 Å². The maximum atomic E-state index is 13.3. The Morgan fingerprint density at radius 2 is 1.76 bits per heavy atom. The minimum absolute atomic E-state index is 0.131. The molecule has 5 nitrogen and oxygen atoms in total. The Bertz CT molecular complexity index is 1080. The van der Waals surface area contributed by atoms with Crippen molar-refractivity contribution in [2.75, 3.05) is 11.9 Å². The first-order valence-electron chi connectivity index (χ1n) is 9.43. The number of fused-ring (bicyclic) bond motifs is 1. The van der Waals surface area contributed by atoms with Gasteiger partial charge in [-0.1, -0.05) is 66.4 Å². The number of para-hydroxylation sites is 4. The number of H-pyrrole nitrogens is 1. The van der Waals surface area contributed by atoms with Crippen molar-refractivity contribution < 1.29 is 9.53 Å². The van der Waals surface area contributed by atoms with Crippen LogP contribution in [0.1, 0.15) is 17.7 Å². The fourth-order valence-corrected chi connectivity index (χ4v) is 4.05. The number of nitrogens with one attached hydrogen (secondary N) is 2. The minimum atomic E-state index is -0.466. The number of amides is 1. The van der Waals surface area contributed by atoms with E-state index < -0.39 is 5.25 Å². The molecular weight excluding hydrogens is 382 g/mol. The molecule has 4 rings (SSSR count). The molecule has 0 aliphatic rings. The van der Waals surface area contributed by atoms with Gasteiger partial charge in [0.25, 0.3) is 0 Å². The zero-order valence-corrected chi connectivity index (χ0v) is 16.8. The monoisotopic (exact) mass is 403 g/mol. The van der Waals surface area contributed by atoms with Gasteiger partial charge in [-0.15, -0.1) is 0 Å². The molecule has 0 spiro atoms. The number of benzene rings is 3. The number of carbonyl (C=O) groups excluding carboxylic acids is 1. The van der Waals surface area contributed by atoms with Gasteiger partial charge >= 0.3 is 0 Å². The number of rotatable bonds is 7. The summed E-state index contributed by atoms with van der Waals surface area (Å²) in [4.78, 5) is 21.2. The van der Waals surface area contributed by atoms with Crippen molar-refractivity contribution in [3.8, 4) is 5.75 Å². The summed E-state index contributed by atoms with van der Waals surface area (Å²) in [7, 11) is 0. The molecular formula is C23H21N3O2S. The van der Waals surface area contributed by atoms with Gasteiger partial charge in [-0.05, 0) is 36.8 Å². The van der Waals surface area contributed by atoms with E-state index in [4.69, 9.17) is 4.74 Å². The summed E-state index contributed by atoms with van der Waals surface area (Å²) in [6.45, 7) is 2.45. The number of anilines is 1. The molecule has 1 unspecified atom stereocenters. The topological polar surface area (TPSA) is 67.0 Å². The minimum Gasteiger partial charge on any atom is -0.492 e. The van der Waals surface area contributed by atoms with Gasteiger partial charge in [0.2, 0.25) is 5.91 Å². The van der Waals surface area contributed by atoms with Crippen molar-refractivity contribution in [2.45, 2.75) is 17.3 Å². The third kappa shape index (κ3) is 4.43. The first-order valence-corrected chi connectivity index (χ1v) is 10.3. The maximum Gasteiger partial charge on any atom is 0.242 e. The van der Waals surface area contributed by atoms with Gasteiger partial charge in [0.15, 0.2) is 5.16 Å². The van der Waals surface area contributed by atoms with Crippen LogP contribution < -0.4 is 10.1 Å². The van der Waals surface area contributed by atoms with E-state index in [2.05, 4.69) is 15.3 Å². The van der Waals surface area contributed by atoms with Crippen LogP contribution in [0.3, 0.4) is 0 Å². The van der Waals surface area contributed by atoms with Gasteiger partial charge in [-0.2, -0.15) is 0 Å². The van der Waals surface area contributed by atoms with Crippen molar-refractivity contribution in [3.63, 3.8) is 0 Å². The van der Waals surface area contributed by atoms with Crippen LogP contribution in [0.2, 0.25) is 0 Å². The number of aromatic nitrogens is 2. The van der Waals surface area contributed by atoms with E-state index >= 15 is 0 Å². The predicted octanol–water partition coefficient (Wildman–Crippen LogP) is 5.43. The molecule has 1 amide bonds. The molecule has 1 aromatic heterocycles. The lowest BCUT2D eigenvalue weighted by molar-refractivity contribution is -0.115. The number of imidazole rings is 1. The Labute approximate surface area is 173 Å². The smallest absolute Gasteiger partial charge is 0.242 e. The van der Waals surface area contributed by atoms with Crippen LogP contribution in [-0.2, 0) is 4.79 Å². The van der Waals surface area contributed by atoms with Crippen molar-refractivity contribution in [1.29, 1.82) is 0 Å². The third-order valence-corrected chi connectivity index (χ3v) is 5.52. The fourth-order valence-electron chi connectivity index (χ4n) is 3.05. The predicted molar refractivity (Wildman–Crippen MR) is 117 cm³/mol. The first-order chi connectivity index (χ1) is 14.2. The first kappa shape index (κ1) is 19.1. The van der Waals surface area contributed by atoms with E-state index in [1.807, 2.05) is 85.8 Å². The largest absolute Gasteiger partial charge is 0.492 e. The summed E-state index contributed by atoms with van der Waals surface area (Å²) in [6.07, 6.45) is 0. The molecule has 4 aromatic rings. The van der Waals surface area contributed by atoms with Crippen LogP contribution in [0.4, 0.5) is 5.69 Å². The molecule has 0 fully saturated rings. The average Bonchev–Trinajstić information content (AvgIpc) is 3.17. The number of hydrogen-bond acceptors (Lipinski definition) is 4. The van der Waals surface area contributed by atoms with Crippen LogP contribution in [0, 0.1) is 0 Å². The molecule has 6 heteroatoms. The Morgan fingerprint density at radius 1 is 1.03 bits per heavy atom. The fraction of sp³-hybridized carbons (Fsp3) is 0.130. The number of ether oxygens (including phenoxy) is 1. The lowest BCUT2D eigenvalue weighted by Crippen LogP contribution is -2.19. The van der Waals surface area contributed by atoms with E-state index in [0.29, 0.717) is 23.2 Å². The number of nitrogens with zero attached hydrogens (tertiary/aromatic N) is 1. The highest BCUT2D eigenvalue weighted by Crippen LogP contribution is 2.36.